The number of aliphatic hydroxyl groups excluding tert-OH is 1. The van der Waals surface area contributed by atoms with Crippen molar-refractivity contribution in [3.63, 3.8) is 0 Å². The van der Waals surface area contributed by atoms with Gasteiger partial charge < -0.3 is 15.3 Å². The van der Waals surface area contributed by atoms with Crippen LogP contribution in [0.3, 0.4) is 0 Å². The summed E-state index contributed by atoms with van der Waals surface area (Å²) in [5.74, 6) is 0. The average molecular weight is 248 g/mol. The second-order valence-corrected chi connectivity index (χ2v) is 5.56. The molecular weight excluding hydrogens is 224 g/mol. The Hall–Kier alpha value is -1.06. The van der Waals surface area contributed by atoms with Crippen LogP contribution in [-0.2, 0) is 0 Å². The zero-order valence-electron chi connectivity index (χ0n) is 11.4. The Labute approximate surface area is 110 Å². The van der Waals surface area contributed by atoms with Crippen molar-refractivity contribution >= 4 is 5.69 Å². The van der Waals surface area contributed by atoms with E-state index in [4.69, 9.17) is 0 Å². The molecule has 2 N–H and O–H groups in total. The zero-order valence-corrected chi connectivity index (χ0v) is 11.4. The van der Waals surface area contributed by atoms with E-state index in [1.807, 2.05) is 18.2 Å². The van der Waals surface area contributed by atoms with Crippen LogP contribution >= 0.6 is 0 Å². The summed E-state index contributed by atoms with van der Waals surface area (Å²) in [5.41, 5.74) is 0.955. The maximum atomic E-state index is 9.75. The maximum Gasteiger partial charge on any atom is 0.0662 e. The molecule has 0 amide bonds. The number of anilines is 1. The van der Waals surface area contributed by atoms with Gasteiger partial charge in [-0.25, -0.2) is 0 Å². The quantitative estimate of drug-likeness (QED) is 0.858. The van der Waals surface area contributed by atoms with Crippen LogP contribution in [0.2, 0.25) is 0 Å². The normalized spacial score (nSPS) is 20.0. The van der Waals surface area contributed by atoms with Crippen molar-refractivity contribution in [1.29, 1.82) is 0 Å². The second kappa shape index (κ2) is 5.72. The van der Waals surface area contributed by atoms with Crippen LogP contribution in [0.25, 0.3) is 0 Å². The Morgan fingerprint density at radius 2 is 1.83 bits per heavy atom. The lowest BCUT2D eigenvalue weighted by Crippen LogP contribution is -2.53. The van der Waals surface area contributed by atoms with E-state index < -0.39 is 0 Å². The van der Waals surface area contributed by atoms with Crippen molar-refractivity contribution in [1.82, 2.24) is 4.90 Å². The van der Waals surface area contributed by atoms with Crippen molar-refractivity contribution in [2.45, 2.75) is 38.3 Å². The van der Waals surface area contributed by atoms with Crippen LogP contribution in [0.1, 0.15) is 26.7 Å². The third-order valence-corrected chi connectivity index (χ3v) is 3.97. The van der Waals surface area contributed by atoms with E-state index in [0.29, 0.717) is 6.04 Å². The fourth-order valence-corrected chi connectivity index (χ4v) is 2.62. The molecule has 0 unspecified atom stereocenters. The lowest BCUT2D eigenvalue weighted by Gasteiger charge is -2.43. The predicted octanol–water partition coefficient (Wildman–Crippen LogP) is 2.33. The van der Waals surface area contributed by atoms with Crippen LogP contribution in [-0.4, -0.2) is 41.3 Å². The molecule has 2 rings (SSSR count). The van der Waals surface area contributed by atoms with Gasteiger partial charge in [0.05, 0.1) is 12.1 Å². The first-order valence-corrected chi connectivity index (χ1v) is 6.83. The van der Waals surface area contributed by atoms with E-state index in [1.165, 1.54) is 0 Å². The van der Waals surface area contributed by atoms with Gasteiger partial charge in [0.25, 0.3) is 0 Å². The minimum atomic E-state index is -0.146. The molecule has 0 bridgehead atoms. The van der Waals surface area contributed by atoms with E-state index in [0.717, 1.165) is 31.6 Å². The molecule has 3 nitrogen and oxygen atoms in total. The van der Waals surface area contributed by atoms with Crippen LogP contribution < -0.4 is 5.32 Å². The molecule has 0 spiro atoms. The summed E-state index contributed by atoms with van der Waals surface area (Å²) in [6.07, 6.45) is 1.99. The van der Waals surface area contributed by atoms with Crippen LogP contribution in [0.4, 0.5) is 5.69 Å². The first-order valence-electron chi connectivity index (χ1n) is 6.83. The molecule has 0 radical (unpaired) electrons. The van der Waals surface area contributed by atoms with Gasteiger partial charge >= 0.3 is 0 Å². The largest absolute Gasteiger partial charge is 0.394 e. The SMILES string of the molecule is CC(C)N1CCC(CO)(Nc2ccccc2)CC1. The third-order valence-electron chi connectivity index (χ3n) is 3.97. The highest BCUT2D eigenvalue weighted by Gasteiger charge is 2.34. The lowest BCUT2D eigenvalue weighted by atomic mass is 9.87. The van der Waals surface area contributed by atoms with Gasteiger partial charge in [0.15, 0.2) is 0 Å². The number of rotatable bonds is 4. The smallest absolute Gasteiger partial charge is 0.0662 e. The Morgan fingerprint density at radius 3 is 2.33 bits per heavy atom. The van der Waals surface area contributed by atoms with Gasteiger partial charge in [-0.2, -0.15) is 0 Å². The summed E-state index contributed by atoms with van der Waals surface area (Å²) in [6.45, 7) is 6.77. The minimum Gasteiger partial charge on any atom is -0.394 e. The molecule has 1 aliphatic heterocycles. The standard InChI is InChI=1S/C15H24N2O/c1-13(2)17-10-8-15(12-18,9-11-17)16-14-6-4-3-5-7-14/h3-7,13,16,18H,8-12H2,1-2H3. The number of nitrogens with zero attached hydrogens (tertiary/aromatic N) is 1. The van der Waals surface area contributed by atoms with E-state index in [1.54, 1.807) is 0 Å². The second-order valence-electron chi connectivity index (χ2n) is 5.56. The van der Waals surface area contributed by atoms with E-state index in [2.05, 4.69) is 36.2 Å². The minimum absolute atomic E-state index is 0.146. The summed E-state index contributed by atoms with van der Waals surface area (Å²) >= 11 is 0. The Morgan fingerprint density at radius 1 is 1.22 bits per heavy atom. The van der Waals surface area contributed by atoms with Gasteiger partial charge in [0.2, 0.25) is 0 Å². The highest BCUT2D eigenvalue weighted by atomic mass is 16.3. The number of benzene rings is 1. The summed E-state index contributed by atoms with van der Waals surface area (Å²) in [5, 5.41) is 13.3. The van der Waals surface area contributed by atoms with Crippen molar-refractivity contribution in [2.24, 2.45) is 0 Å². The molecule has 0 atom stereocenters. The molecule has 18 heavy (non-hydrogen) atoms. The molecule has 1 saturated heterocycles. The summed E-state index contributed by atoms with van der Waals surface area (Å²) in [4.78, 5) is 2.47. The van der Waals surface area contributed by atoms with Gasteiger partial charge in [-0.3, -0.25) is 0 Å². The van der Waals surface area contributed by atoms with E-state index in [9.17, 15) is 5.11 Å². The molecular formula is C15H24N2O. The maximum absolute atomic E-state index is 9.75. The Kier molecular flexibility index (Phi) is 4.25. The van der Waals surface area contributed by atoms with Gasteiger partial charge in [-0.15, -0.1) is 0 Å². The van der Waals surface area contributed by atoms with Gasteiger partial charge in [-0.1, -0.05) is 18.2 Å². The monoisotopic (exact) mass is 248 g/mol. The number of likely N-dealkylation sites (tertiary alicyclic amines) is 1. The number of para-hydroxylation sites is 1. The van der Waals surface area contributed by atoms with Crippen molar-refractivity contribution in [3.05, 3.63) is 30.3 Å². The van der Waals surface area contributed by atoms with E-state index >= 15 is 0 Å². The number of hydrogen-bond donors (Lipinski definition) is 2. The van der Waals surface area contributed by atoms with Crippen molar-refractivity contribution < 1.29 is 5.11 Å². The number of piperidine rings is 1. The van der Waals surface area contributed by atoms with E-state index in [-0.39, 0.29) is 12.1 Å². The molecule has 1 aromatic rings. The average Bonchev–Trinajstić information content (AvgIpc) is 2.40. The number of nitrogens with one attached hydrogen (secondary N) is 1. The van der Waals surface area contributed by atoms with Gasteiger partial charge in [-0.05, 0) is 38.8 Å². The Bertz CT molecular complexity index is 356. The molecule has 0 aliphatic carbocycles. The molecule has 0 saturated carbocycles. The number of hydrogen-bond acceptors (Lipinski definition) is 3. The molecule has 3 heteroatoms. The summed E-state index contributed by atoms with van der Waals surface area (Å²) < 4.78 is 0. The lowest BCUT2D eigenvalue weighted by molar-refractivity contribution is 0.101. The molecule has 1 aliphatic rings. The molecule has 1 aromatic carbocycles. The molecule has 1 fully saturated rings. The van der Waals surface area contributed by atoms with Crippen LogP contribution in [0.5, 0.6) is 0 Å². The first-order chi connectivity index (χ1) is 8.65. The highest BCUT2D eigenvalue weighted by molar-refractivity contribution is 5.45. The summed E-state index contributed by atoms with van der Waals surface area (Å²) in [6, 6.07) is 10.8. The van der Waals surface area contributed by atoms with Crippen LogP contribution in [0, 0.1) is 0 Å². The fraction of sp³-hybridized carbons (Fsp3) is 0.600. The van der Waals surface area contributed by atoms with Crippen LogP contribution in [0.15, 0.2) is 30.3 Å². The molecule has 100 valence electrons. The first kappa shape index (κ1) is 13.4. The van der Waals surface area contributed by atoms with Gasteiger partial charge in [0, 0.05) is 24.8 Å². The highest BCUT2D eigenvalue weighted by Crippen LogP contribution is 2.27. The molecule has 1 heterocycles. The Balaban J connectivity index is 2.00. The summed E-state index contributed by atoms with van der Waals surface area (Å²) in [7, 11) is 0. The van der Waals surface area contributed by atoms with Crippen molar-refractivity contribution in [2.75, 3.05) is 25.0 Å². The zero-order chi connectivity index (χ0) is 13.0. The van der Waals surface area contributed by atoms with Gasteiger partial charge in [0.1, 0.15) is 0 Å². The van der Waals surface area contributed by atoms with Crippen molar-refractivity contribution in [3.8, 4) is 0 Å². The topological polar surface area (TPSA) is 35.5 Å². The number of aliphatic hydroxyl groups is 1. The molecule has 0 aromatic heterocycles. The predicted molar refractivity (Wildman–Crippen MR) is 75.8 cm³/mol. The third kappa shape index (κ3) is 3.03. The fourth-order valence-electron chi connectivity index (χ4n) is 2.62.